The lowest BCUT2D eigenvalue weighted by atomic mass is 10.1. The summed E-state index contributed by atoms with van der Waals surface area (Å²) in [5, 5.41) is 1.06. The van der Waals surface area contributed by atoms with Gasteiger partial charge in [-0.3, -0.25) is 9.78 Å². The predicted octanol–water partition coefficient (Wildman–Crippen LogP) is 1.22. The molecule has 88 valence electrons. The Hall–Kier alpha value is -2.20. The van der Waals surface area contributed by atoms with Crippen LogP contribution >= 0.6 is 11.3 Å². The van der Waals surface area contributed by atoms with Crippen LogP contribution in [0.4, 0.5) is 0 Å². The molecule has 0 bridgehead atoms. The van der Waals surface area contributed by atoms with Crippen LogP contribution in [0.5, 0.6) is 0 Å². The number of hydrogen-bond acceptors (Lipinski definition) is 3. The largest absolute Gasteiger partial charge is 0.313 e. The Kier molecular flexibility index (Phi) is 2.57. The smallest absolute Gasteiger partial charge is 0.266 e. The molecule has 3 aromatic rings. The van der Waals surface area contributed by atoms with Gasteiger partial charge in [-0.2, -0.15) is 0 Å². The van der Waals surface area contributed by atoms with Crippen LogP contribution in [0.1, 0.15) is 5.56 Å². The number of aromatic amines is 1. The van der Waals surface area contributed by atoms with Gasteiger partial charge < -0.3 is 4.98 Å². The highest BCUT2D eigenvalue weighted by atomic mass is 32.1. The predicted molar refractivity (Wildman–Crippen MR) is 75.0 cm³/mol. The van der Waals surface area contributed by atoms with Crippen molar-refractivity contribution in [3.63, 3.8) is 0 Å². The SMILES string of the molecule is C=c1[nH]c(=O)/c(=C/c2ccc3ncccc3c2)s1. The summed E-state index contributed by atoms with van der Waals surface area (Å²) in [6.45, 7) is 3.73. The second-order valence-corrected chi connectivity index (χ2v) is 5.08. The fourth-order valence-electron chi connectivity index (χ4n) is 1.82. The van der Waals surface area contributed by atoms with Gasteiger partial charge in [0.05, 0.1) is 14.7 Å². The van der Waals surface area contributed by atoms with Gasteiger partial charge >= 0.3 is 0 Å². The number of nitrogens with zero attached hydrogens (tertiary/aromatic N) is 1. The van der Waals surface area contributed by atoms with Crippen LogP contribution in [0.3, 0.4) is 0 Å². The van der Waals surface area contributed by atoms with Crippen molar-refractivity contribution in [3.8, 4) is 0 Å². The average molecular weight is 254 g/mol. The summed E-state index contributed by atoms with van der Waals surface area (Å²) in [6.07, 6.45) is 3.63. The Labute approximate surface area is 107 Å². The van der Waals surface area contributed by atoms with Crippen LogP contribution in [-0.4, -0.2) is 9.97 Å². The minimum atomic E-state index is -0.0868. The van der Waals surface area contributed by atoms with Crippen LogP contribution in [0, 0.1) is 0 Å². The highest BCUT2D eigenvalue weighted by Crippen LogP contribution is 2.13. The first kappa shape index (κ1) is 10.9. The summed E-state index contributed by atoms with van der Waals surface area (Å²) in [5.74, 6) is 0. The Morgan fingerprint density at radius 3 is 3.00 bits per heavy atom. The molecule has 0 aliphatic carbocycles. The third kappa shape index (κ3) is 1.98. The number of nitrogens with one attached hydrogen (secondary N) is 1. The fourth-order valence-corrected chi connectivity index (χ4v) is 2.57. The topological polar surface area (TPSA) is 45.8 Å². The molecule has 2 aromatic heterocycles. The van der Waals surface area contributed by atoms with E-state index in [1.807, 2.05) is 36.4 Å². The van der Waals surface area contributed by atoms with Crippen LogP contribution in [0.15, 0.2) is 41.3 Å². The van der Waals surface area contributed by atoms with Gasteiger partial charge in [0.2, 0.25) is 0 Å². The molecule has 3 nitrogen and oxygen atoms in total. The van der Waals surface area contributed by atoms with Crippen molar-refractivity contribution < 1.29 is 0 Å². The van der Waals surface area contributed by atoms with E-state index in [-0.39, 0.29) is 5.56 Å². The molecule has 3 rings (SSSR count). The molecule has 0 saturated heterocycles. The minimum absolute atomic E-state index is 0.0868. The molecular formula is C14H10N2OS. The zero-order valence-electron chi connectivity index (χ0n) is 9.51. The van der Waals surface area contributed by atoms with Gasteiger partial charge in [-0.1, -0.05) is 18.7 Å². The lowest BCUT2D eigenvalue weighted by molar-refractivity contribution is 1.26. The highest BCUT2D eigenvalue weighted by molar-refractivity contribution is 7.07. The van der Waals surface area contributed by atoms with E-state index in [2.05, 4.69) is 16.5 Å². The quantitative estimate of drug-likeness (QED) is 0.710. The maximum absolute atomic E-state index is 11.6. The molecule has 0 radical (unpaired) electrons. The number of benzene rings is 1. The van der Waals surface area contributed by atoms with Crippen LogP contribution in [-0.2, 0) is 0 Å². The number of thiazole rings is 1. The molecule has 0 saturated carbocycles. The third-order valence-corrected chi connectivity index (χ3v) is 3.51. The van der Waals surface area contributed by atoms with Crippen molar-refractivity contribution >= 4 is 34.9 Å². The summed E-state index contributed by atoms with van der Waals surface area (Å²) in [5.41, 5.74) is 1.85. The van der Waals surface area contributed by atoms with Gasteiger partial charge in [-0.25, -0.2) is 0 Å². The average Bonchev–Trinajstić information content (AvgIpc) is 2.68. The lowest BCUT2D eigenvalue weighted by Gasteiger charge is -1.97. The number of fused-ring (bicyclic) bond motifs is 1. The van der Waals surface area contributed by atoms with Crippen molar-refractivity contribution in [1.82, 2.24) is 9.97 Å². The Bertz CT molecular complexity index is 876. The third-order valence-electron chi connectivity index (χ3n) is 2.63. The number of rotatable bonds is 1. The molecular weight excluding hydrogens is 244 g/mol. The van der Waals surface area contributed by atoms with Crippen molar-refractivity contribution in [2.24, 2.45) is 0 Å². The maximum Gasteiger partial charge on any atom is 0.266 e. The molecule has 0 fully saturated rings. The van der Waals surface area contributed by atoms with Gasteiger partial charge in [0, 0.05) is 11.6 Å². The van der Waals surface area contributed by atoms with Gasteiger partial charge in [0.25, 0.3) is 5.56 Å². The first-order chi connectivity index (χ1) is 8.72. The van der Waals surface area contributed by atoms with E-state index < -0.39 is 0 Å². The molecule has 0 aliphatic rings. The minimum Gasteiger partial charge on any atom is -0.313 e. The molecule has 0 spiro atoms. The summed E-state index contributed by atoms with van der Waals surface area (Å²) in [7, 11) is 0. The van der Waals surface area contributed by atoms with Gasteiger partial charge in [0.1, 0.15) is 0 Å². The monoisotopic (exact) mass is 254 g/mol. The molecule has 2 heterocycles. The summed E-state index contributed by atoms with van der Waals surface area (Å²) in [4.78, 5) is 18.5. The Morgan fingerprint density at radius 2 is 2.22 bits per heavy atom. The van der Waals surface area contributed by atoms with Crippen molar-refractivity contribution in [2.45, 2.75) is 0 Å². The zero-order chi connectivity index (χ0) is 12.5. The van der Waals surface area contributed by atoms with Crippen molar-refractivity contribution in [2.75, 3.05) is 0 Å². The molecule has 0 amide bonds. The highest BCUT2D eigenvalue weighted by Gasteiger charge is 1.96. The summed E-state index contributed by atoms with van der Waals surface area (Å²) >= 11 is 1.36. The first-order valence-corrected chi connectivity index (χ1v) is 6.28. The van der Waals surface area contributed by atoms with Crippen LogP contribution in [0.2, 0.25) is 0 Å². The normalized spacial score (nSPS) is 12.1. The van der Waals surface area contributed by atoms with E-state index in [1.54, 1.807) is 6.20 Å². The second kappa shape index (κ2) is 4.23. The molecule has 4 heteroatoms. The molecule has 0 aliphatic heterocycles. The van der Waals surface area contributed by atoms with Crippen LogP contribution < -0.4 is 14.8 Å². The lowest BCUT2D eigenvalue weighted by Crippen LogP contribution is -2.19. The number of pyridine rings is 1. The number of aromatic nitrogens is 2. The van der Waals surface area contributed by atoms with Crippen molar-refractivity contribution in [1.29, 1.82) is 0 Å². The number of H-pyrrole nitrogens is 1. The van der Waals surface area contributed by atoms with Gasteiger partial charge in [-0.05, 0) is 29.8 Å². The van der Waals surface area contributed by atoms with E-state index >= 15 is 0 Å². The Balaban J connectivity index is 2.21. The van der Waals surface area contributed by atoms with E-state index in [9.17, 15) is 4.79 Å². The van der Waals surface area contributed by atoms with E-state index in [1.165, 1.54) is 11.3 Å². The van der Waals surface area contributed by atoms with E-state index in [4.69, 9.17) is 0 Å². The molecule has 0 atom stereocenters. The standard InChI is InChI=1S/C14H10N2OS/c1-9-16-14(17)13(18-9)8-10-4-5-12-11(7-10)3-2-6-15-12/h2-8H,1H2,(H,16,17)/b13-8-. The molecule has 18 heavy (non-hydrogen) atoms. The maximum atomic E-state index is 11.6. The number of hydrogen-bond donors (Lipinski definition) is 1. The van der Waals surface area contributed by atoms with E-state index in [0.29, 0.717) is 9.20 Å². The van der Waals surface area contributed by atoms with Gasteiger partial charge in [0.15, 0.2) is 0 Å². The molecule has 1 aromatic carbocycles. The first-order valence-electron chi connectivity index (χ1n) is 5.47. The zero-order valence-corrected chi connectivity index (χ0v) is 10.3. The second-order valence-electron chi connectivity index (χ2n) is 3.94. The molecule has 0 unspecified atom stereocenters. The fraction of sp³-hybridized carbons (Fsp3) is 0. The van der Waals surface area contributed by atoms with Crippen LogP contribution in [0.25, 0.3) is 23.6 Å². The van der Waals surface area contributed by atoms with E-state index in [0.717, 1.165) is 16.5 Å². The van der Waals surface area contributed by atoms with Crippen molar-refractivity contribution in [3.05, 3.63) is 61.6 Å². The Morgan fingerprint density at radius 1 is 1.33 bits per heavy atom. The summed E-state index contributed by atoms with van der Waals surface area (Å²) in [6, 6.07) is 9.83. The molecule has 1 N–H and O–H groups in total. The van der Waals surface area contributed by atoms with Gasteiger partial charge in [-0.15, -0.1) is 11.3 Å². The summed E-state index contributed by atoms with van der Waals surface area (Å²) < 4.78 is 1.34.